The van der Waals surface area contributed by atoms with Gasteiger partial charge >= 0.3 is 29.8 Å². The van der Waals surface area contributed by atoms with Crippen molar-refractivity contribution in [3.8, 4) is 28.7 Å². The summed E-state index contributed by atoms with van der Waals surface area (Å²) in [6.45, 7) is 20.4. The number of nitrogens with two attached hydrogens (primary N) is 7. The number of ether oxygens (including phenoxy) is 5. The van der Waals surface area contributed by atoms with Gasteiger partial charge in [-0.15, -0.1) is 4.99 Å². The van der Waals surface area contributed by atoms with Crippen LogP contribution in [0.3, 0.4) is 0 Å². The third-order valence-electron chi connectivity index (χ3n) is 10.5. The van der Waals surface area contributed by atoms with E-state index in [2.05, 4.69) is 142 Å². The molecule has 5 aromatic carbocycles. The second-order valence-electron chi connectivity index (χ2n) is 20.6. The van der Waals surface area contributed by atoms with E-state index in [-0.39, 0.29) is 43.0 Å². The van der Waals surface area contributed by atoms with Crippen LogP contribution in [0, 0.1) is 5.41 Å². The highest BCUT2D eigenvalue weighted by atomic mass is 35.5. The maximum absolute atomic E-state index is 11.8. The molecule has 1 aliphatic rings. The molecule has 0 atom stereocenters. The number of para-hydroxylation sites is 5. The number of hydrogen-bond acceptors (Lipinski definition) is 26. The number of amides is 4. The largest absolute Gasteiger partial charge is 0.442 e. The Kier molecular flexibility index (Phi) is 63.0. The van der Waals surface area contributed by atoms with E-state index in [1.807, 2.05) is 36.0 Å². The van der Waals surface area contributed by atoms with E-state index < -0.39 is 38.3 Å². The van der Waals surface area contributed by atoms with Crippen LogP contribution in [-0.2, 0) is 4.52 Å². The molecule has 0 bridgehead atoms. The van der Waals surface area contributed by atoms with Crippen LogP contribution in [-0.4, -0.2) is 189 Å². The van der Waals surface area contributed by atoms with Crippen LogP contribution < -0.4 is 79.8 Å². The summed E-state index contributed by atoms with van der Waals surface area (Å²) in [5.74, 6) is 8.72. The van der Waals surface area contributed by atoms with Crippen molar-refractivity contribution in [2.75, 3.05) is 85.5 Å². The molecule has 0 aliphatic carbocycles. The molecular formula is C66H103ClN17O13PS7. The summed E-state index contributed by atoms with van der Waals surface area (Å²) in [6, 6.07) is 45.0. The fourth-order valence-electron chi connectivity index (χ4n) is 6.83. The van der Waals surface area contributed by atoms with Gasteiger partial charge in [-0.2, -0.15) is 37.0 Å². The van der Waals surface area contributed by atoms with E-state index in [1.165, 1.54) is 11.5 Å². The number of thioether (sulfide) groups is 1. The number of aliphatic hydroxyl groups is 2. The number of nitrogens with zero attached hydrogens (tertiary/aromatic N) is 6. The minimum atomic E-state index is -0.855. The van der Waals surface area contributed by atoms with Crippen molar-refractivity contribution in [3.05, 3.63) is 152 Å². The van der Waals surface area contributed by atoms with Gasteiger partial charge in [0.15, 0.2) is 38.2 Å². The van der Waals surface area contributed by atoms with Crippen molar-refractivity contribution in [1.29, 1.82) is 5.41 Å². The molecule has 6 rings (SSSR count). The number of benzene rings is 5. The normalized spacial score (nSPS) is 11.2. The van der Waals surface area contributed by atoms with Crippen LogP contribution >= 0.6 is 100 Å². The summed E-state index contributed by atoms with van der Waals surface area (Å²) in [5.41, 5.74) is 34.8. The van der Waals surface area contributed by atoms with E-state index in [0.717, 1.165) is 17.3 Å². The van der Waals surface area contributed by atoms with E-state index in [1.54, 1.807) is 171 Å². The lowest BCUT2D eigenvalue weighted by atomic mass is 10.3. The predicted octanol–water partition coefficient (Wildman–Crippen LogP) is 10.8. The van der Waals surface area contributed by atoms with Crippen molar-refractivity contribution in [2.24, 2.45) is 60.1 Å². The second kappa shape index (κ2) is 66.2. The molecule has 1 heterocycles. The molecule has 584 valence electrons. The van der Waals surface area contributed by atoms with Crippen molar-refractivity contribution in [2.45, 2.75) is 79.6 Å². The summed E-state index contributed by atoms with van der Waals surface area (Å²) >= 11 is 14.6. The Balaban J connectivity index is 0. The number of carbonyl (C=O) groups is 5. The molecule has 0 aromatic heterocycles. The monoisotopic (exact) mass is 1630 g/mol. The molecule has 0 spiro atoms. The Morgan fingerprint density at radius 3 is 1.05 bits per heavy atom. The summed E-state index contributed by atoms with van der Waals surface area (Å²) in [6.07, 6.45) is -2.81. The van der Waals surface area contributed by atoms with Gasteiger partial charge in [0.2, 0.25) is 0 Å². The lowest BCUT2D eigenvalue weighted by Crippen LogP contribution is -2.43. The maximum atomic E-state index is 11.8. The standard InChI is InChI=1S/C24H44N5O3PS2.C12H17N3O3S2.C10H13N3O2S.C8H9N3O2.C7H5ClO2.C2H6OS.C2H4S.CH5N3/c1-18(2)28(19(3)4)33(29(20(5)6)21(7)8)31-15-17-35-34-16-14-26-23(25)27-24(30)32-22-12-10-9-11-13-22;13-11(14-6-8-19-20-9-7-16)15-12(17)18-10-4-2-1-3-5-10;11-9(12-6-7-16)13-10(14)15-8-4-2-1-3-5-8;9-7(10)11-8(12)13-6-4-2-1-3-5-6;8-7(9)10-6-4-2-1-3-5-6;3-1-2-4;1-2-3-1;2-1(3)4/h9-13,18-21H,14-17H2,1-8H3,(H3,25,26,27,30);1-5,16H,6-9H2,(H3,13,14,15,17);1-5,16H,6-7H2,(H3,11,12,13,14);1-5H,(H4,9,10,11,12);1-5H;3-4H,1-2H2;1-2H2;(H5,2,3,4). The minimum absolute atomic E-state index is 0.0231. The molecular weight excluding hydrogens is 1530 g/mol. The number of guanidine groups is 5. The Bertz CT molecular complexity index is 3170. The van der Waals surface area contributed by atoms with Gasteiger partial charge in [0, 0.05) is 81.8 Å². The van der Waals surface area contributed by atoms with Crippen molar-refractivity contribution >= 4 is 160 Å². The van der Waals surface area contributed by atoms with E-state index >= 15 is 0 Å². The number of rotatable bonds is 28. The summed E-state index contributed by atoms with van der Waals surface area (Å²) in [7, 11) is 5.78. The molecule has 1 fully saturated rings. The van der Waals surface area contributed by atoms with Gasteiger partial charge in [0.05, 0.1) is 39.5 Å². The van der Waals surface area contributed by atoms with Crippen LogP contribution in [0.25, 0.3) is 0 Å². The van der Waals surface area contributed by atoms with Gasteiger partial charge in [0.1, 0.15) is 28.7 Å². The van der Waals surface area contributed by atoms with Crippen LogP contribution in [0.2, 0.25) is 0 Å². The number of aliphatic hydroxyl groups excluding tert-OH is 2. The van der Waals surface area contributed by atoms with Gasteiger partial charge in [-0.05, 0) is 116 Å². The molecule has 39 heteroatoms. The topological polar surface area (TPSA) is 479 Å². The molecule has 20 N–H and O–H groups in total. The van der Waals surface area contributed by atoms with Gasteiger partial charge in [-0.3, -0.25) is 36.3 Å². The third kappa shape index (κ3) is 62.7. The van der Waals surface area contributed by atoms with Crippen molar-refractivity contribution in [1.82, 2.24) is 25.3 Å². The van der Waals surface area contributed by atoms with Gasteiger partial charge in [0.25, 0.3) is 0 Å². The first-order valence-electron chi connectivity index (χ1n) is 32.0. The van der Waals surface area contributed by atoms with E-state index in [0.29, 0.717) is 96.4 Å². The van der Waals surface area contributed by atoms with Gasteiger partial charge < -0.3 is 78.6 Å². The van der Waals surface area contributed by atoms with Crippen molar-refractivity contribution < 1.29 is 62.4 Å². The number of thiol groups is 2. The predicted molar refractivity (Wildman–Crippen MR) is 445 cm³/mol. The molecule has 1 saturated heterocycles. The first kappa shape index (κ1) is 99.8. The number of hydrogen-bond donors (Lipinski definition) is 15. The second-order valence-corrected chi connectivity index (χ2v) is 30.1. The van der Waals surface area contributed by atoms with Crippen LogP contribution in [0.5, 0.6) is 28.7 Å². The fraction of sp³-hybridized carbons (Fsp3) is 0.394. The number of nitrogens with one attached hydrogen (secondary N) is 4. The Morgan fingerprint density at radius 1 is 0.495 bits per heavy atom. The Labute approximate surface area is 653 Å². The Hall–Kier alpha value is -7.23. The molecule has 105 heavy (non-hydrogen) atoms. The van der Waals surface area contributed by atoms with Crippen LogP contribution in [0.4, 0.5) is 24.0 Å². The number of halogens is 1. The SMILES string of the molecule is C1CS1.CC(C)N(C(C)C)P(OCCSSCCN=C(N)NC(=O)Oc1ccccc1)N(C(C)C)C(C)C.N=C(N)N.NC(=NCCS)NC(=O)Oc1ccccc1.NC(=NCCSSCCO)NC(=O)Oc1ccccc1.NC(N)=NC(=O)Oc1ccccc1.O=C(Cl)Oc1ccccc1.OCCS. The summed E-state index contributed by atoms with van der Waals surface area (Å²) in [5, 5.41) is 29.5. The highest BCUT2D eigenvalue weighted by molar-refractivity contribution is 8.77. The zero-order chi connectivity index (χ0) is 79.0. The summed E-state index contributed by atoms with van der Waals surface area (Å²) < 4.78 is 35.9. The highest BCUT2D eigenvalue weighted by Gasteiger charge is 2.34. The maximum Gasteiger partial charge on any atom is 0.442 e. The minimum Gasteiger partial charge on any atom is -0.415 e. The zero-order valence-corrected chi connectivity index (χ0v) is 67.5. The van der Waals surface area contributed by atoms with Crippen molar-refractivity contribution in [3.63, 3.8) is 0 Å². The molecule has 0 saturated carbocycles. The first-order valence-corrected chi connectivity index (χ1v) is 40.9. The lowest BCUT2D eigenvalue weighted by molar-refractivity contribution is 0.192. The lowest BCUT2D eigenvalue weighted by Gasteiger charge is -2.45. The van der Waals surface area contributed by atoms with E-state index in [4.69, 9.17) is 79.4 Å². The van der Waals surface area contributed by atoms with Crippen LogP contribution in [0.1, 0.15) is 55.4 Å². The number of aliphatic imine (C=N–C) groups is 4. The quantitative estimate of drug-likeness (QED) is 0.00323. The average molecular weight is 1630 g/mol. The Morgan fingerprint density at radius 2 is 0.781 bits per heavy atom. The van der Waals surface area contributed by atoms with Gasteiger partial charge in [-0.25, -0.2) is 33.3 Å². The molecule has 0 radical (unpaired) electrons. The van der Waals surface area contributed by atoms with E-state index in [9.17, 15) is 24.0 Å². The molecule has 30 nitrogen and oxygen atoms in total. The van der Waals surface area contributed by atoms with Gasteiger partial charge in [-0.1, -0.05) is 134 Å². The summed E-state index contributed by atoms with van der Waals surface area (Å²) in [4.78, 5) is 70.8. The smallest absolute Gasteiger partial charge is 0.415 e. The molecule has 5 aromatic rings. The zero-order valence-electron chi connectivity index (χ0n) is 60.0. The highest BCUT2D eigenvalue weighted by Crippen LogP contribution is 2.51. The van der Waals surface area contributed by atoms with Crippen LogP contribution in [0.15, 0.2) is 172 Å². The molecule has 0 unspecified atom stereocenters. The molecule has 4 amide bonds. The fourth-order valence-corrected chi connectivity index (χ4v) is 12.8. The average Bonchev–Trinajstić information content (AvgIpc) is 1.71. The third-order valence-corrected chi connectivity index (χ3v) is 19.1. The molecule has 1 aliphatic heterocycles. The first-order chi connectivity index (χ1) is 50.1. The number of carbonyl (C=O) groups excluding carboxylic acids is 5.